The van der Waals surface area contributed by atoms with Gasteiger partial charge in [0.25, 0.3) is 13.4 Å². The van der Waals surface area contributed by atoms with E-state index in [9.17, 15) is 0 Å². The Bertz CT molecular complexity index is 6260. The summed E-state index contributed by atoms with van der Waals surface area (Å²) in [6.07, 6.45) is 0. The number of hydrogen-bond acceptors (Lipinski definition) is 7. The molecule has 7 aliphatic rings. The molecule has 8 heterocycles. The van der Waals surface area contributed by atoms with E-state index in [1.165, 1.54) is 133 Å². The fraction of sp³-hybridized carbons (Fsp3) is 0. The van der Waals surface area contributed by atoms with Crippen LogP contribution >= 0.6 is 11.3 Å². The third-order valence-electron chi connectivity index (χ3n) is 22.5. The van der Waals surface area contributed by atoms with Gasteiger partial charge in [0.05, 0.1) is 78.0 Å². The Balaban J connectivity index is 0.835. The van der Waals surface area contributed by atoms with Gasteiger partial charge in [-0.25, -0.2) is 0 Å². The molecule has 0 aliphatic carbocycles. The first-order valence-electron chi connectivity index (χ1n) is 35.6. The lowest BCUT2D eigenvalue weighted by atomic mass is 9.30. The van der Waals surface area contributed by atoms with Crippen LogP contribution in [-0.4, -0.2) is 13.4 Å². The van der Waals surface area contributed by atoms with Crippen molar-refractivity contribution in [2.45, 2.75) is 0 Å². The van der Waals surface area contributed by atoms with Gasteiger partial charge < -0.3 is 30.2 Å². The van der Waals surface area contributed by atoms with Crippen molar-refractivity contribution in [1.82, 2.24) is 0 Å². The first-order valence-corrected chi connectivity index (χ1v) is 36.4. The fourth-order valence-electron chi connectivity index (χ4n) is 18.3. The fourth-order valence-corrected chi connectivity index (χ4v) is 19.6. The maximum absolute atomic E-state index is 4.30. The molecule has 0 unspecified atom stereocenters. The minimum absolute atomic E-state index is 0.176. The van der Waals surface area contributed by atoms with Gasteiger partial charge in [0, 0.05) is 39.4 Å². The van der Waals surface area contributed by atoms with Gasteiger partial charge >= 0.3 is 0 Å². The Hall–Kier alpha value is -13.1. The number of thiophene rings is 1. The molecule has 7 aliphatic heterocycles. The lowest BCUT2D eigenvalue weighted by molar-refractivity contribution is 1.18. The van der Waals surface area contributed by atoms with Crippen LogP contribution in [0.25, 0.3) is 87.6 Å². The quantitative estimate of drug-likeness (QED) is 0.148. The van der Waals surface area contributed by atoms with Crippen molar-refractivity contribution >= 4 is 149 Å². The number of rotatable bonds is 8. The van der Waals surface area contributed by atoms with E-state index in [1.807, 2.05) is 11.3 Å². The van der Waals surface area contributed by atoms with E-state index < -0.39 is 0 Å². The van der Waals surface area contributed by atoms with Crippen LogP contribution in [0.5, 0.6) is 0 Å². The minimum atomic E-state index is -0.188. The summed E-state index contributed by atoms with van der Waals surface area (Å²) in [5.41, 5.74) is 42.4. The zero-order valence-corrected chi connectivity index (χ0v) is 56.5. The smallest absolute Gasteiger partial charge is 0.252 e. The molecule has 103 heavy (non-hydrogen) atoms. The zero-order chi connectivity index (χ0) is 67.1. The summed E-state index contributed by atoms with van der Waals surface area (Å²) in [5, 5.41) is 8.54. The Morgan fingerprint density at radius 3 is 1.01 bits per heavy atom. The van der Waals surface area contributed by atoms with E-state index in [2.05, 4.69) is 370 Å². The minimum Gasteiger partial charge on any atom is -0.352 e. The highest BCUT2D eigenvalue weighted by Gasteiger charge is 2.55. The molecule has 0 atom stereocenters. The lowest BCUT2D eigenvalue weighted by Gasteiger charge is -2.52. The molecule has 16 aromatic rings. The zero-order valence-electron chi connectivity index (χ0n) is 55.7. The van der Waals surface area contributed by atoms with Crippen LogP contribution in [-0.2, 0) is 0 Å². The molecule has 6 nitrogen and oxygen atoms in total. The third-order valence-corrected chi connectivity index (χ3v) is 23.8. The second-order valence-electron chi connectivity index (χ2n) is 27.9. The van der Waals surface area contributed by atoms with Gasteiger partial charge in [0.15, 0.2) is 0 Å². The maximum Gasteiger partial charge on any atom is 0.252 e. The molecule has 0 amide bonds. The normalized spacial score (nSPS) is 13.5. The van der Waals surface area contributed by atoms with Gasteiger partial charge in [0.2, 0.25) is 0 Å². The number of fused-ring (bicyclic) bond motifs is 15. The van der Waals surface area contributed by atoms with E-state index in [0.717, 1.165) is 78.6 Å². The number of benzene rings is 15. The van der Waals surface area contributed by atoms with Crippen LogP contribution in [0.4, 0.5) is 91.0 Å². The van der Waals surface area contributed by atoms with Crippen LogP contribution < -0.4 is 63.0 Å². The molecule has 23 rings (SSSR count). The van der Waals surface area contributed by atoms with Gasteiger partial charge in [-0.15, -0.1) is 11.3 Å². The molecule has 476 valence electrons. The summed E-state index contributed by atoms with van der Waals surface area (Å²) < 4.78 is 0. The molecule has 15 aromatic carbocycles. The SMILES string of the molecule is c1ccc(-c2cc3c4c(c2)B2c5ccc6c7c5N(c5cccc(c52)N4c2cc(-c4ccccc4)cc(-c4ccccc4)c2N3)c2c(-c3ccccc3)sc(-c3ccccc3)c2N7c2cccc3c2B6c2ccc(-c4ccccc4)c4c2N3c2cc(-c3ccccc3)cc(-c3ccccc3)c2N4)cc1. The van der Waals surface area contributed by atoms with E-state index in [4.69, 9.17) is 0 Å². The Morgan fingerprint density at radius 2 is 0.563 bits per heavy atom. The number of hydrogen-bond donors (Lipinski definition) is 2. The van der Waals surface area contributed by atoms with E-state index >= 15 is 0 Å². The average Bonchev–Trinajstić information content (AvgIpc) is 1.62. The summed E-state index contributed by atoms with van der Waals surface area (Å²) in [6, 6.07) is 127. The van der Waals surface area contributed by atoms with Crippen LogP contribution in [0.2, 0.25) is 0 Å². The number of anilines is 16. The Labute approximate surface area is 602 Å². The second kappa shape index (κ2) is 21.7. The topological polar surface area (TPSA) is 37.0 Å². The van der Waals surface area contributed by atoms with Crippen molar-refractivity contribution in [2.24, 2.45) is 0 Å². The molecule has 0 fully saturated rings. The van der Waals surface area contributed by atoms with Gasteiger partial charge in [-0.05, 0) is 149 Å². The van der Waals surface area contributed by atoms with Gasteiger partial charge in [-0.3, -0.25) is 0 Å². The Kier molecular flexibility index (Phi) is 12.0. The first-order chi connectivity index (χ1) is 51.1. The van der Waals surface area contributed by atoms with Gasteiger partial charge in [0.1, 0.15) is 0 Å². The monoisotopic (exact) mass is 1320 g/mol. The van der Waals surface area contributed by atoms with Crippen molar-refractivity contribution in [3.63, 3.8) is 0 Å². The van der Waals surface area contributed by atoms with Crippen LogP contribution in [0.1, 0.15) is 0 Å². The molecule has 1 aromatic heterocycles. The highest BCUT2D eigenvalue weighted by Crippen LogP contribution is 2.67. The predicted octanol–water partition coefficient (Wildman–Crippen LogP) is 21.7. The van der Waals surface area contributed by atoms with E-state index in [0.29, 0.717) is 0 Å². The molecule has 9 heteroatoms. The summed E-state index contributed by atoms with van der Waals surface area (Å²) >= 11 is 1.92. The van der Waals surface area contributed by atoms with Crippen molar-refractivity contribution in [3.8, 4) is 87.6 Å². The largest absolute Gasteiger partial charge is 0.352 e. The Morgan fingerprint density at radius 1 is 0.214 bits per heavy atom. The maximum atomic E-state index is 4.30. The number of nitrogens with one attached hydrogen (secondary N) is 2. The predicted molar refractivity (Wildman–Crippen MR) is 436 cm³/mol. The molecule has 0 saturated heterocycles. The van der Waals surface area contributed by atoms with Crippen LogP contribution in [0.15, 0.2) is 340 Å². The molecule has 0 spiro atoms. The van der Waals surface area contributed by atoms with E-state index in [-0.39, 0.29) is 13.4 Å². The first kappa shape index (κ1) is 56.8. The van der Waals surface area contributed by atoms with Gasteiger partial charge in [-0.2, -0.15) is 0 Å². The van der Waals surface area contributed by atoms with Crippen molar-refractivity contribution in [1.29, 1.82) is 0 Å². The molecule has 0 radical (unpaired) electrons. The van der Waals surface area contributed by atoms with Crippen molar-refractivity contribution in [2.75, 3.05) is 30.2 Å². The summed E-state index contributed by atoms with van der Waals surface area (Å²) in [4.78, 5) is 13.2. The second-order valence-corrected chi connectivity index (χ2v) is 28.9. The summed E-state index contributed by atoms with van der Waals surface area (Å²) in [5.74, 6) is 0. The summed E-state index contributed by atoms with van der Waals surface area (Å²) in [7, 11) is 0. The molecule has 2 N–H and O–H groups in total. The van der Waals surface area contributed by atoms with Crippen LogP contribution in [0.3, 0.4) is 0 Å². The highest BCUT2D eigenvalue weighted by molar-refractivity contribution is 7.20. The number of nitrogens with zero attached hydrogens (tertiary/aromatic N) is 4. The highest BCUT2D eigenvalue weighted by atomic mass is 32.1. The molecule has 0 saturated carbocycles. The van der Waals surface area contributed by atoms with Crippen molar-refractivity contribution in [3.05, 3.63) is 340 Å². The van der Waals surface area contributed by atoms with E-state index in [1.54, 1.807) is 0 Å². The lowest BCUT2D eigenvalue weighted by Crippen LogP contribution is -2.65. The summed E-state index contributed by atoms with van der Waals surface area (Å²) in [6.45, 7) is -0.364. The standard InChI is InChI=1S/C94H58B2N6S/c1-9-27-57(28-10-1)65-51-69(61-35-17-5-18-36-61)84-80(55-65)99-76-43-25-46-79-83(76)96(74-53-67(54-75(97-84)87(74)99)59-31-13-3-14-32-59)73-50-49-72-89-90(73)102(79)92-91(93(63-39-21-7-22-40-63)103-94(92)64-41-23-8-24-42-64)101(89)78-45-26-44-77-82(78)95(72)71-48-47-68(60-33-15-4-16-34-60)86-88(71)100(77)81-56-66(58-29-11-2-12-30-58)52-70(85(81)98-86)62-37-19-6-20-38-62/h1-56,97-98H. The molecular formula is C94H58B2N6S. The molecule has 0 bridgehead atoms. The molecular weight excluding hydrogens is 1270 g/mol. The average molecular weight is 1330 g/mol. The van der Waals surface area contributed by atoms with Crippen LogP contribution in [0, 0.1) is 0 Å². The van der Waals surface area contributed by atoms with Crippen molar-refractivity contribution < 1.29 is 0 Å². The van der Waals surface area contributed by atoms with Gasteiger partial charge in [-0.1, -0.05) is 285 Å². The third kappa shape index (κ3) is 8.05.